The number of carbonyl (C=O) groups excluding carboxylic acids is 1. The Morgan fingerprint density at radius 2 is 2.18 bits per heavy atom. The van der Waals surface area contributed by atoms with Crippen LogP contribution in [0.2, 0.25) is 9.49 Å². The molecule has 0 radical (unpaired) electrons. The van der Waals surface area contributed by atoms with Crippen molar-refractivity contribution in [1.29, 1.82) is 0 Å². The molecule has 3 nitrogen and oxygen atoms in total. The second-order valence-corrected chi connectivity index (χ2v) is 5.46. The van der Waals surface area contributed by atoms with Crippen molar-refractivity contribution in [3.63, 3.8) is 0 Å². The maximum atomic E-state index is 11.8. The number of rotatable bonds is 2. The van der Waals surface area contributed by atoms with Crippen molar-refractivity contribution in [2.24, 2.45) is 0 Å². The number of hydrogen-bond acceptors (Lipinski definition) is 3. The van der Waals surface area contributed by atoms with Crippen LogP contribution in [-0.2, 0) is 0 Å². The molecule has 17 heavy (non-hydrogen) atoms. The van der Waals surface area contributed by atoms with E-state index in [1.165, 1.54) is 17.5 Å². The first-order valence-electron chi connectivity index (χ1n) is 4.75. The lowest BCUT2D eigenvalue weighted by atomic mass is 10.3. The van der Waals surface area contributed by atoms with Gasteiger partial charge < -0.3 is 5.32 Å². The van der Waals surface area contributed by atoms with E-state index in [9.17, 15) is 4.79 Å². The van der Waals surface area contributed by atoms with Crippen LogP contribution in [0.4, 0.5) is 5.69 Å². The average molecular weight is 287 g/mol. The Kier molecular flexibility index (Phi) is 3.66. The molecular weight excluding hydrogens is 279 g/mol. The number of aromatic nitrogens is 1. The molecule has 6 heteroatoms. The molecular formula is C11H8Cl2N2OS. The van der Waals surface area contributed by atoms with Crippen molar-refractivity contribution in [2.45, 2.75) is 6.92 Å². The summed E-state index contributed by atoms with van der Waals surface area (Å²) in [5, 5.41) is 3.16. The molecule has 2 aromatic heterocycles. The number of nitrogens with one attached hydrogen (secondary N) is 1. The van der Waals surface area contributed by atoms with Crippen molar-refractivity contribution in [1.82, 2.24) is 4.98 Å². The highest BCUT2D eigenvalue weighted by molar-refractivity contribution is 7.18. The van der Waals surface area contributed by atoms with Crippen LogP contribution >= 0.6 is 34.5 Å². The molecule has 1 N–H and O–H groups in total. The maximum Gasteiger partial charge on any atom is 0.265 e. The molecule has 0 atom stereocenters. The van der Waals surface area contributed by atoms with E-state index in [1.807, 2.05) is 6.92 Å². The number of pyridine rings is 1. The third kappa shape index (κ3) is 2.97. The number of aryl methyl sites for hydroxylation is 1. The van der Waals surface area contributed by atoms with E-state index in [-0.39, 0.29) is 5.91 Å². The van der Waals surface area contributed by atoms with Crippen LogP contribution in [0.15, 0.2) is 24.4 Å². The Morgan fingerprint density at radius 3 is 2.76 bits per heavy atom. The van der Waals surface area contributed by atoms with Gasteiger partial charge in [-0.25, -0.2) is 4.98 Å². The fraction of sp³-hybridized carbons (Fsp3) is 0.0909. The zero-order valence-electron chi connectivity index (χ0n) is 8.83. The van der Waals surface area contributed by atoms with E-state index in [4.69, 9.17) is 23.2 Å². The lowest BCUT2D eigenvalue weighted by Crippen LogP contribution is -2.10. The Bertz CT molecular complexity index is 568. The smallest absolute Gasteiger partial charge is 0.265 e. The number of carbonyl (C=O) groups is 1. The third-order valence-corrected chi connectivity index (χ3v) is 3.69. The van der Waals surface area contributed by atoms with Gasteiger partial charge in [-0.15, -0.1) is 11.3 Å². The van der Waals surface area contributed by atoms with Crippen molar-refractivity contribution in [2.75, 3.05) is 5.32 Å². The van der Waals surface area contributed by atoms with Gasteiger partial charge in [0.15, 0.2) is 0 Å². The largest absolute Gasteiger partial charge is 0.320 e. The van der Waals surface area contributed by atoms with Crippen molar-refractivity contribution in [3.8, 4) is 0 Å². The summed E-state index contributed by atoms with van der Waals surface area (Å²) in [5.74, 6) is -0.203. The van der Waals surface area contributed by atoms with E-state index in [1.54, 1.807) is 18.2 Å². The van der Waals surface area contributed by atoms with E-state index < -0.39 is 0 Å². The fourth-order valence-corrected chi connectivity index (χ4v) is 2.30. The number of hydrogen-bond donors (Lipinski definition) is 1. The lowest BCUT2D eigenvalue weighted by molar-refractivity contribution is 0.103. The summed E-state index contributed by atoms with van der Waals surface area (Å²) in [6.07, 6.45) is 1.52. The van der Waals surface area contributed by atoms with E-state index in [0.717, 1.165) is 5.56 Å². The molecule has 0 saturated heterocycles. The van der Waals surface area contributed by atoms with E-state index in [2.05, 4.69) is 10.3 Å². The Balaban J connectivity index is 2.15. The third-order valence-electron chi connectivity index (χ3n) is 2.07. The highest BCUT2D eigenvalue weighted by atomic mass is 35.5. The minimum absolute atomic E-state index is 0.203. The minimum Gasteiger partial charge on any atom is -0.320 e. The van der Waals surface area contributed by atoms with E-state index >= 15 is 0 Å². The van der Waals surface area contributed by atoms with E-state index in [0.29, 0.717) is 20.1 Å². The molecule has 0 fully saturated rings. The molecule has 0 aromatic carbocycles. The highest BCUT2D eigenvalue weighted by Gasteiger charge is 2.09. The molecule has 2 aromatic rings. The number of nitrogens with zero attached hydrogens (tertiary/aromatic N) is 1. The van der Waals surface area contributed by atoms with Gasteiger partial charge in [0.2, 0.25) is 0 Å². The topological polar surface area (TPSA) is 42.0 Å². The number of anilines is 1. The van der Waals surface area contributed by atoms with Gasteiger partial charge in [0.05, 0.1) is 21.1 Å². The number of thiophene rings is 1. The number of amides is 1. The predicted molar refractivity (Wildman–Crippen MR) is 71.3 cm³/mol. The second-order valence-electron chi connectivity index (χ2n) is 3.39. The molecule has 2 heterocycles. The Morgan fingerprint density at radius 1 is 1.41 bits per heavy atom. The molecule has 0 saturated carbocycles. The summed E-state index contributed by atoms with van der Waals surface area (Å²) in [5.41, 5.74) is 1.43. The van der Waals surface area contributed by atoms with Gasteiger partial charge in [-0.05, 0) is 30.7 Å². The van der Waals surface area contributed by atoms with Gasteiger partial charge >= 0.3 is 0 Å². The summed E-state index contributed by atoms with van der Waals surface area (Å²) >= 11 is 12.8. The zero-order chi connectivity index (χ0) is 12.4. The molecule has 1 amide bonds. The van der Waals surface area contributed by atoms with Crippen molar-refractivity contribution >= 4 is 46.1 Å². The molecule has 0 unspecified atom stereocenters. The molecule has 2 rings (SSSR count). The lowest BCUT2D eigenvalue weighted by Gasteiger charge is -2.04. The second kappa shape index (κ2) is 5.04. The molecule has 0 bridgehead atoms. The van der Waals surface area contributed by atoms with Gasteiger partial charge in [0, 0.05) is 0 Å². The van der Waals surface area contributed by atoms with Crippen LogP contribution < -0.4 is 5.32 Å². The summed E-state index contributed by atoms with van der Waals surface area (Å²) < 4.78 is 0.584. The number of halogens is 2. The van der Waals surface area contributed by atoms with Crippen LogP contribution in [0.3, 0.4) is 0 Å². The Labute approximate surface area is 112 Å². The fourth-order valence-electron chi connectivity index (χ4n) is 1.26. The molecule has 0 aliphatic rings. The van der Waals surface area contributed by atoms with Crippen LogP contribution in [0.25, 0.3) is 0 Å². The summed E-state index contributed by atoms with van der Waals surface area (Å²) in [4.78, 5) is 16.3. The molecule has 0 spiro atoms. The zero-order valence-corrected chi connectivity index (χ0v) is 11.2. The monoisotopic (exact) mass is 286 g/mol. The minimum atomic E-state index is -0.203. The van der Waals surface area contributed by atoms with Gasteiger partial charge in [-0.3, -0.25) is 4.79 Å². The first kappa shape index (κ1) is 12.4. The van der Waals surface area contributed by atoms with Gasteiger partial charge in [0.25, 0.3) is 5.91 Å². The van der Waals surface area contributed by atoms with Crippen molar-refractivity contribution in [3.05, 3.63) is 44.3 Å². The quantitative estimate of drug-likeness (QED) is 0.848. The van der Waals surface area contributed by atoms with Crippen LogP contribution in [-0.4, -0.2) is 10.9 Å². The maximum absolute atomic E-state index is 11.8. The molecule has 0 aliphatic heterocycles. The normalized spacial score (nSPS) is 10.3. The average Bonchev–Trinajstić information content (AvgIpc) is 2.70. The highest BCUT2D eigenvalue weighted by Crippen LogP contribution is 2.23. The summed E-state index contributed by atoms with van der Waals surface area (Å²) in [7, 11) is 0. The summed E-state index contributed by atoms with van der Waals surface area (Å²) in [6.45, 7) is 1.83. The van der Waals surface area contributed by atoms with Crippen LogP contribution in [0.5, 0.6) is 0 Å². The van der Waals surface area contributed by atoms with Crippen LogP contribution in [0.1, 0.15) is 15.2 Å². The van der Waals surface area contributed by atoms with Crippen LogP contribution in [0, 0.1) is 6.92 Å². The first-order valence-corrected chi connectivity index (χ1v) is 6.32. The molecule has 88 valence electrons. The first-order chi connectivity index (χ1) is 8.06. The standard InChI is InChI=1S/C11H8Cl2N2OS/c1-6-4-7(5-14-10(6)13)15-11(16)8-2-3-9(12)17-8/h2-5H,1H3,(H,15,16). The van der Waals surface area contributed by atoms with Gasteiger partial charge in [0.1, 0.15) is 5.15 Å². The van der Waals surface area contributed by atoms with Gasteiger partial charge in [-0.2, -0.15) is 0 Å². The summed E-state index contributed by atoms with van der Waals surface area (Å²) in [6, 6.07) is 5.13. The van der Waals surface area contributed by atoms with Gasteiger partial charge in [-0.1, -0.05) is 23.2 Å². The Hall–Kier alpha value is -1.10. The SMILES string of the molecule is Cc1cc(NC(=O)c2ccc(Cl)s2)cnc1Cl. The predicted octanol–water partition coefficient (Wildman–Crippen LogP) is 4.01. The van der Waals surface area contributed by atoms with Crippen molar-refractivity contribution < 1.29 is 4.79 Å². The molecule has 0 aliphatic carbocycles.